The van der Waals surface area contributed by atoms with Crippen molar-refractivity contribution in [3.63, 3.8) is 0 Å². The molecule has 17 heavy (non-hydrogen) atoms. The SMILES string of the molecule is Nc1cc(=O)[nH]c(=O)n1N=Nc1ccccc1. The third kappa shape index (κ3) is 2.46. The molecule has 0 aliphatic heterocycles. The second kappa shape index (κ2) is 4.44. The quantitative estimate of drug-likeness (QED) is 0.741. The molecule has 0 bridgehead atoms. The van der Waals surface area contributed by atoms with Crippen LogP contribution >= 0.6 is 0 Å². The Bertz CT molecular complexity index is 656. The van der Waals surface area contributed by atoms with Crippen molar-refractivity contribution in [3.05, 3.63) is 57.2 Å². The Labute approximate surface area is 95.2 Å². The first kappa shape index (κ1) is 10.8. The molecule has 0 fully saturated rings. The molecule has 1 heterocycles. The molecule has 0 atom stereocenters. The van der Waals surface area contributed by atoms with Gasteiger partial charge in [-0.2, -0.15) is 0 Å². The molecule has 7 heteroatoms. The number of nitrogen functional groups attached to an aromatic ring is 1. The standard InChI is InChI=1S/C10H9N5O2/c11-8-6-9(16)12-10(17)15(8)14-13-7-4-2-1-3-5-7/h1-6H,11H2,(H,12,16,17). The topological polar surface area (TPSA) is 106 Å². The molecule has 3 N–H and O–H groups in total. The molecule has 7 nitrogen and oxygen atoms in total. The van der Waals surface area contributed by atoms with E-state index in [1.165, 1.54) is 0 Å². The predicted octanol–water partition coefficient (Wildman–Crippen LogP) is 0.666. The summed E-state index contributed by atoms with van der Waals surface area (Å²) in [7, 11) is 0. The predicted molar refractivity (Wildman–Crippen MR) is 62.1 cm³/mol. The van der Waals surface area contributed by atoms with Crippen LogP contribution in [0.5, 0.6) is 0 Å². The number of benzene rings is 1. The summed E-state index contributed by atoms with van der Waals surface area (Å²) in [6.45, 7) is 0. The molecule has 0 spiro atoms. The van der Waals surface area contributed by atoms with Gasteiger partial charge in [-0.25, -0.2) is 4.79 Å². The van der Waals surface area contributed by atoms with E-state index in [1.807, 2.05) is 11.1 Å². The number of hydrogen-bond acceptors (Lipinski definition) is 5. The molecule has 0 radical (unpaired) electrons. The van der Waals surface area contributed by atoms with E-state index in [9.17, 15) is 9.59 Å². The fraction of sp³-hybridized carbons (Fsp3) is 0. The smallest absolute Gasteiger partial charge is 0.352 e. The minimum absolute atomic E-state index is 0.0709. The van der Waals surface area contributed by atoms with Crippen molar-refractivity contribution >= 4 is 11.5 Å². The molecule has 0 aliphatic carbocycles. The molecule has 0 aliphatic rings. The highest BCUT2D eigenvalue weighted by molar-refractivity contribution is 5.35. The highest BCUT2D eigenvalue weighted by Gasteiger charge is 2.00. The van der Waals surface area contributed by atoms with E-state index in [1.54, 1.807) is 24.3 Å². The molecule has 0 saturated carbocycles. The molecular weight excluding hydrogens is 222 g/mol. The zero-order valence-electron chi connectivity index (χ0n) is 8.70. The van der Waals surface area contributed by atoms with Gasteiger partial charge < -0.3 is 5.73 Å². The van der Waals surface area contributed by atoms with Crippen molar-refractivity contribution in [1.82, 2.24) is 9.66 Å². The summed E-state index contributed by atoms with van der Waals surface area (Å²) in [5.74, 6) is -0.0709. The van der Waals surface area contributed by atoms with E-state index in [-0.39, 0.29) is 5.82 Å². The number of H-pyrrole nitrogens is 1. The molecule has 2 rings (SSSR count). The number of nitrogens with two attached hydrogens (primary N) is 1. The summed E-state index contributed by atoms with van der Waals surface area (Å²) < 4.78 is 0.814. The first-order chi connectivity index (χ1) is 8.16. The minimum atomic E-state index is -0.727. The minimum Gasteiger partial charge on any atom is -0.383 e. The Balaban J connectivity index is 2.41. The number of rotatable bonds is 2. The summed E-state index contributed by atoms with van der Waals surface area (Å²) in [6, 6.07) is 9.90. The van der Waals surface area contributed by atoms with Crippen LogP contribution in [0.4, 0.5) is 11.5 Å². The molecule has 0 unspecified atom stereocenters. The van der Waals surface area contributed by atoms with Crippen LogP contribution in [0.1, 0.15) is 0 Å². The summed E-state index contributed by atoms with van der Waals surface area (Å²) >= 11 is 0. The van der Waals surface area contributed by atoms with Crippen molar-refractivity contribution in [2.24, 2.45) is 10.3 Å². The molecular formula is C10H9N5O2. The number of aromatic nitrogens is 2. The van der Waals surface area contributed by atoms with E-state index in [0.717, 1.165) is 10.7 Å². The second-order valence-corrected chi connectivity index (χ2v) is 3.20. The van der Waals surface area contributed by atoms with Crippen LogP contribution in [0.3, 0.4) is 0 Å². The van der Waals surface area contributed by atoms with E-state index < -0.39 is 11.2 Å². The monoisotopic (exact) mass is 231 g/mol. The Morgan fingerprint density at radius 1 is 1.18 bits per heavy atom. The van der Waals surface area contributed by atoms with Gasteiger partial charge in [0.2, 0.25) is 0 Å². The van der Waals surface area contributed by atoms with Crippen LogP contribution in [0, 0.1) is 0 Å². The Morgan fingerprint density at radius 2 is 1.88 bits per heavy atom. The number of aromatic amines is 1. The van der Waals surface area contributed by atoms with Crippen molar-refractivity contribution in [1.29, 1.82) is 0 Å². The zero-order chi connectivity index (χ0) is 12.3. The van der Waals surface area contributed by atoms with Gasteiger partial charge in [0.15, 0.2) is 0 Å². The average Bonchev–Trinajstić information content (AvgIpc) is 2.29. The molecule has 86 valence electrons. The number of hydrogen-bond donors (Lipinski definition) is 2. The van der Waals surface area contributed by atoms with E-state index in [4.69, 9.17) is 5.73 Å². The van der Waals surface area contributed by atoms with Crippen molar-refractivity contribution in [2.45, 2.75) is 0 Å². The van der Waals surface area contributed by atoms with Crippen LogP contribution in [-0.4, -0.2) is 9.66 Å². The van der Waals surface area contributed by atoms with Gasteiger partial charge in [-0.05, 0) is 12.1 Å². The van der Waals surface area contributed by atoms with Crippen LogP contribution in [-0.2, 0) is 0 Å². The third-order valence-electron chi connectivity index (χ3n) is 1.95. The zero-order valence-corrected chi connectivity index (χ0v) is 8.70. The molecule has 0 amide bonds. The fourth-order valence-electron chi connectivity index (χ4n) is 1.19. The molecule has 1 aromatic heterocycles. The maximum absolute atomic E-state index is 11.4. The Morgan fingerprint density at radius 3 is 2.53 bits per heavy atom. The van der Waals surface area contributed by atoms with Gasteiger partial charge in [-0.1, -0.05) is 23.4 Å². The molecule has 2 aromatic rings. The van der Waals surface area contributed by atoms with Gasteiger partial charge in [0, 0.05) is 6.07 Å². The lowest BCUT2D eigenvalue weighted by Crippen LogP contribution is -2.28. The van der Waals surface area contributed by atoms with Crippen LogP contribution < -0.4 is 17.0 Å². The lowest BCUT2D eigenvalue weighted by Gasteiger charge is -1.99. The largest absolute Gasteiger partial charge is 0.383 e. The average molecular weight is 231 g/mol. The van der Waals surface area contributed by atoms with Gasteiger partial charge >= 0.3 is 5.69 Å². The number of nitrogens with zero attached hydrogens (tertiary/aromatic N) is 3. The van der Waals surface area contributed by atoms with Crippen LogP contribution in [0.25, 0.3) is 0 Å². The first-order valence-corrected chi connectivity index (χ1v) is 4.76. The summed E-state index contributed by atoms with van der Waals surface area (Å²) in [5.41, 5.74) is 4.75. The lowest BCUT2D eigenvalue weighted by atomic mass is 10.3. The van der Waals surface area contributed by atoms with E-state index in [0.29, 0.717) is 5.69 Å². The maximum atomic E-state index is 11.4. The maximum Gasteiger partial charge on any atom is 0.352 e. The van der Waals surface area contributed by atoms with Gasteiger partial charge in [-0.3, -0.25) is 9.78 Å². The Hall–Kier alpha value is -2.70. The lowest BCUT2D eigenvalue weighted by molar-refractivity contribution is 0.737. The van der Waals surface area contributed by atoms with Gasteiger partial charge in [0.25, 0.3) is 5.56 Å². The van der Waals surface area contributed by atoms with Crippen molar-refractivity contribution in [3.8, 4) is 0 Å². The van der Waals surface area contributed by atoms with E-state index in [2.05, 4.69) is 10.3 Å². The van der Waals surface area contributed by atoms with Crippen molar-refractivity contribution in [2.75, 3.05) is 5.73 Å². The summed E-state index contributed by atoms with van der Waals surface area (Å²) in [6.07, 6.45) is 0. The van der Waals surface area contributed by atoms with Gasteiger partial charge in [0.1, 0.15) is 5.82 Å². The van der Waals surface area contributed by atoms with Crippen LogP contribution in [0.15, 0.2) is 56.3 Å². The second-order valence-electron chi connectivity index (χ2n) is 3.20. The third-order valence-corrected chi connectivity index (χ3v) is 1.95. The van der Waals surface area contributed by atoms with Gasteiger partial charge in [0.05, 0.1) is 5.69 Å². The summed E-state index contributed by atoms with van der Waals surface area (Å²) in [4.78, 5) is 24.3. The molecule has 1 aromatic carbocycles. The highest BCUT2D eigenvalue weighted by Crippen LogP contribution is 2.10. The number of nitrogens with one attached hydrogen (secondary N) is 1. The summed E-state index contributed by atoms with van der Waals surface area (Å²) in [5, 5.41) is 7.46. The van der Waals surface area contributed by atoms with Gasteiger partial charge in [-0.15, -0.1) is 9.79 Å². The van der Waals surface area contributed by atoms with E-state index >= 15 is 0 Å². The van der Waals surface area contributed by atoms with Crippen molar-refractivity contribution < 1.29 is 0 Å². The number of anilines is 1. The normalized spacial score (nSPS) is 10.8. The highest BCUT2D eigenvalue weighted by atomic mass is 16.2. The fourth-order valence-corrected chi connectivity index (χ4v) is 1.19. The molecule has 0 saturated heterocycles. The van der Waals surface area contributed by atoms with Crippen LogP contribution in [0.2, 0.25) is 0 Å². The first-order valence-electron chi connectivity index (χ1n) is 4.76. The Kier molecular flexibility index (Phi) is 2.82.